The van der Waals surface area contributed by atoms with Gasteiger partial charge in [0.2, 0.25) is 0 Å². The number of nitrogens with one attached hydrogen (secondary N) is 1. The van der Waals surface area contributed by atoms with Gasteiger partial charge in [-0.25, -0.2) is 4.98 Å². The van der Waals surface area contributed by atoms with E-state index in [9.17, 15) is 0 Å². The van der Waals surface area contributed by atoms with Crippen LogP contribution in [0, 0.1) is 0 Å². The Balaban J connectivity index is 2.21. The van der Waals surface area contributed by atoms with Crippen molar-refractivity contribution in [2.24, 2.45) is 0 Å². The van der Waals surface area contributed by atoms with Crippen LogP contribution in [-0.4, -0.2) is 23.6 Å². The van der Waals surface area contributed by atoms with E-state index in [0.717, 1.165) is 19.5 Å². The highest BCUT2D eigenvalue weighted by Gasteiger charge is 2.24. The van der Waals surface area contributed by atoms with Crippen LogP contribution in [0.2, 0.25) is 0 Å². The van der Waals surface area contributed by atoms with Gasteiger partial charge in [-0.15, -0.1) is 0 Å². The molecule has 2 rings (SSSR count). The molecule has 1 saturated heterocycles. The van der Waals surface area contributed by atoms with Crippen LogP contribution in [-0.2, 0) is 13.0 Å². The Morgan fingerprint density at radius 3 is 2.80 bits per heavy atom. The summed E-state index contributed by atoms with van der Waals surface area (Å²) in [5, 5.41) is 3.51. The molecule has 20 heavy (non-hydrogen) atoms. The summed E-state index contributed by atoms with van der Waals surface area (Å²) in [6, 6.07) is 5.73. The van der Waals surface area contributed by atoms with E-state index in [-0.39, 0.29) is 0 Å². The third-order valence-electron chi connectivity index (χ3n) is 4.14. The van der Waals surface area contributed by atoms with Crippen LogP contribution in [0.4, 0.5) is 5.82 Å². The fourth-order valence-corrected chi connectivity index (χ4v) is 2.95. The lowest BCUT2D eigenvalue weighted by Crippen LogP contribution is -2.30. The number of pyridine rings is 1. The summed E-state index contributed by atoms with van der Waals surface area (Å²) < 4.78 is 0. The molecule has 3 nitrogen and oxygen atoms in total. The van der Waals surface area contributed by atoms with Crippen molar-refractivity contribution in [3.63, 3.8) is 0 Å². The molecule has 1 unspecified atom stereocenters. The lowest BCUT2D eigenvalue weighted by Gasteiger charge is -2.26. The normalized spacial score (nSPS) is 19.1. The highest BCUT2D eigenvalue weighted by atomic mass is 15.2. The van der Waals surface area contributed by atoms with E-state index in [2.05, 4.69) is 50.0 Å². The van der Waals surface area contributed by atoms with Crippen LogP contribution in [0.25, 0.3) is 0 Å². The highest BCUT2D eigenvalue weighted by Crippen LogP contribution is 2.27. The van der Waals surface area contributed by atoms with Gasteiger partial charge in [-0.05, 0) is 43.4 Å². The second kappa shape index (κ2) is 7.07. The van der Waals surface area contributed by atoms with Gasteiger partial charge < -0.3 is 10.2 Å². The Kier molecular flexibility index (Phi) is 5.41. The molecule has 1 N–H and O–H groups in total. The maximum atomic E-state index is 4.86. The molecule has 0 bridgehead atoms. The molecule has 1 atom stereocenters. The molecule has 1 aromatic rings. The molecule has 3 heteroatoms. The molecule has 2 heterocycles. The van der Waals surface area contributed by atoms with Crippen LogP contribution >= 0.6 is 0 Å². The van der Waals surface area contributed by atoms with E-state index in [1.54, 1.807) is 0 Å². The second-order valence-corrected chi connectivity index (χ2v) is 6.11. The van der Waals surface area contributed by atoms with Crippen molar-refractivity contribution >= 4 is 5.82 Å². The number of anilines is 1. The second-order valence-electron chi connectivity index (χ2n) is 6.11. The minimum Gasteiger partial charge on any atom is -0.354 e. The van der Waals surface area contributed by atoms with Crippen molar-refractivity contribution in [2.45, 2.75) is 72.0 Å². The van der Waals surface area contributed by atoms with E-state index in [1.807, 2.05) is 0 Å². The number of nitrogens with zero attached hydrogens (tertiary/aromatic N) is 2. The molecule has 1 aliphatic rings. The lowest BCUT2D eigenvalue weighted by atomic mass is 10.1. The standard InChI is InChI=1S/C17H29N3/c1-5-15-10-14(12-18-13(3)4)11-17(19-15)20-9-7-8-16(20)6-2/h10-11,13,16,18H,5-9,12H2,1-4H3. The van der Waals surface area contributed by atoms with Gasteiger partial charge >= 0.3 is 0 Å². The van der Waals surface area contributed by atoms with Gasteiger partial charge in [-0.1, -0.05) is 27.7 Å². The first kappa shape index (κ1) is 15.3. The Hall–Kier alpha value is -1.09. The maximum Gasteiger partial charge on any atom is 0.129 e. The molecule has 0 amide bonds. The zero-order valence-electron chi connectivity index (χ0n) is 13.4. The maximum absolute atomic E-state index is 4.86. The largest absolute Gasteiger partial charge is 0.354 e. The van der Waals surface area contributed by atoms with Gasteiger partial charge in [0, 0.05) is 30.9 Å². The highest BCUT2D eigenvalue weighted by molar-refractivity contribution is 5.45. The van der Waals surface area contributed by atoms with Gasteiger partial charge in [0.1, 0.15) is 5.82 Å². The minimum absolute atomic E-state index is 0.520. The molecule has 0 saturated carbocycles. The smallest absolute Gasteiger partial charge is 0.129 e. The molecule has 0 aromatic carbocycles. The summed E-state index contributed by atoms with van der Waals surface area (Å²) in [7, 11) is 0. The SMILES string of the molecule is CCc1cc(CNC(C)C)cc(N2CCCC2CC)n1. The molecule has 1 fully saturated rings. The summed E-state index contributed by atoms with van der Waals surface area (Å²) in [5.41, 5.74) is 2.58. The quantitative estimate of drug-likeness (QED) is 0.861. The molecule has 0 aliphatic carbocycles. The summed E-state index contributed by atoms with van der Waals surface area (Å²) in [6.45, 7) is 11.0. The molecule has 0 radical (unpaired) electrons. The van der Waals surface area contributed by atoms with Crippen LogP contribution in [0.1, 0.15) is 58.2 Å². The summed E-state index contributed by atoms with van der Waals surface area (Å²) >= 11 is 0. The summed E-state index contributed by atoms with van der Waals surface area (Å²) in [5.74, 6) is 1.19. The van der Waals surface area contributed by atoms with Crippen LogP contribution in [0.15, 0.2) is 12.1 Å². The number of hydrogen-bond donors (Lipinski definition) is 1. The molecule has 0 spiro atoms. The average Bonchev–Trinajstić information content (AvgIpc) is 2.93. The molecule has 1 aromatic heterocycles. The predicted molar refractivity (Wildman–Crippen MR) is 86.2 cm³/mol. The Morgan fingerprint density at radius 1 is 1.35 bits per heavy atom. The first-order chi connectivity index (χ1) is 9.63. The molecule has 112 valence electrons. The first-order valence-electron chi connectivity index (χ1n) is 8.13. The Labute approximate surface area is 123 Å². The number of aromatic nitrogens is 1. The fourth-order valence-electron chi connectivity index (χ4n) is 2.95. The van der Waals surface area contributed by atoms with E-state index in [0.29, 0.717) is 12.1 Å². The Morgan fingerprint density at radius 2 is 2.15 bits per heavy atom. The predicted octanol–water partition coefficient (Wildman–Crippen LogP) is 3.52. The molecular formula is C17H29N3. The number of hydrogen-bond acceptors (Lipinski definition) is 3. The lowest BCUT2D eigenvalue weighted by molar-refractivity contribution is 0.587. The van der Waals surface area contributed by atoms with E-state index >= 15 is 0 Å². The molecular weight excluding hydrogens is 246 g/mol. The van der Waals surface area contributed by atoms with Gasteiger partial charge in [-0.2, -0.15) is 0 Å². The van der Waals surface area contributed by atoms with Crippen LogP contribution < -0.4 is 10.2 Å². The third kappa shape index (κ3) is 3.72. The summed E-state index contributed by atoms with van der Waals surface area (Å²) in [4.78, 5) is 7.37. The topological polar surface area (TPSA) is 28.2 Å². The van der Waals surface area contributed by atoms with E-state index < -0.39 is 0 Å². The minimum atomic E-state index is 0.520. The van der Waals surface area contributed by atoms with Gasteiger partial charge in [0.05, 0.1) is 0 Å². The fraction of sp³-hybridized carbons (Fsp3) is 0.706. The Bertz CT molecular complexity index is 428. The van der Waals surface area contributed by atoms with Crippen molar-refractivity contribution in [3.8, 4) is 0 Å². The zero-order chi connectivity index (χ0) is 14.5. The number of aryl methyl sites for hydroxylation is 1. The van der Waals surface area contributed by atoms with Gasteiger partial charge in [-0.3, -0.25) is 0 Å². The zero-order valence-corrected chi connectivity index (χ0v) is 13.4. The monoisotopic (exact) mass is 275 g/mol. The van der Waals surface area contributed by atoms with Crippen LogP contribution in [0.5, 0.6) is 0 Å². The van der Waals surface area contributed by atoms with Gasteiger partial charge in [0.15, 0.2) is 0 Å². The number of rotatable bonds is 6. The van der Waals surface area contributed by atoms with Crippen molar-refractivity contribution in [1.29, 1.82) is 0 Å². The van der Waals surface area contributed by atoms with Crippen molar-refractivity contribution in [3.05, 3.63) is 23.4 Å². The van der Waals surface area contributed by atoms with Crippen molar-refractivity contribution < 1.29 is 0 Å². The third-order valence-corrected chi connectivity index (χ3v) is 4.14. The van der Waals surface area contributed by atoms with Crippen molar-refractivity contribution in [2.75, 3.05) is 11.4 Å². The molecule has 1 aliphatic heterocycles. The van der Waals surface area contributed by atoms with E-state index in [1.165, 1.54) is 36.3 Å². The van der Waals surface area contributed by atoms with Crippen molar-refractivity contribution in [1.82, 2.24) is 10.3 Å². The van der Waals surface area contributed by atoms with Crippen LogP contribution in [0.3, 0.4) is 0 Å². The summed E-state index contributed by atoms with van der Waals surface area (Å²) in [6.07, 6.45) is 4.84. The first-order valence-corrected chi connectivity index (χ1v) is 8.13. The van der Waals surface area contributed by atoms with E-state index in [4.69, 9.17) is 4.98 Å². The van der Waals surface area contributed by atoms with Gasteiger partial charge in [0.25, 0.3) is 0 Å². The average molecular weight is 275 g/mol.